The lowest BCUT2D eigenvalue weighted by atomic mass is 9.72. The van der Waals surface area contributed by atoms with Crippen LogP contribution in [0.15, 0.2) is 58.7 Å². The number of rotatable bonds is 6. The Kier molecular flexibility index (Phi) is 7.54. The Hall–Kier alpha value is -2.25. The molecule has 0 fully saturated rings. The largest absolute Gasteiger partial charge is 0.361 e. The first-order valence-corrected chi connectivity index (χ1v) is 8.39. The van der Waals surface area contributed by atoms with E-state index in [0.717, 1.165) is 17.4 Å². The fourth-order valence-electron chi connectivity index (χ4n) is 3.00. The van der Waals surface area contributed by atoms with Gasteiger partial charge in [-0.15, -0.1) is 0 Å². The highest BCUT2D eigenvalue weighted by Gasteiger charge is 2.26. The Morgan fingerprint density at radius 3 is 2.54 bits per heavy atom. The topological polar surface area (TPSA) is 53.5 Å². The van der Waals surface area contributed by atoms with E-state index in [4.69, 9.17) is 5.53 Å². The molecule has 3 nitrogen and oxygen atoms in total. The lowest BCUT2D eigenvalue weighted by Gasteiger charge is -2.32. The van der Waals surface area contributed by atoms with Crippen molar-refractivity contribution in [2.45, 2.75) is 53.9 Å². The Balaban J connectivity index is 2.78. The predicted octanol–water partition coefficient (Wildman–Crippen LogP) is 5.39. The molecule has 0 aromatic rings. The van der Waals surface area contributed by atoms with Gasteiger partial charge in [-0.1, -0.05) is 55.4 Å². The van der Waals surface area contributed by atoms with Gasteiger partial charge in [-0.2, -0.15) is 4.79 Å². The quantitative estimate of drug-likeness (QED) is 0.212. The van der Waals surface area contributed by atoms with Crippen LogP contribution in [0, 0.1) is 5.41 Å². The predicted molar refractivity (Wildman–Crippen MR) is 101 cm³/mol. The van der Waals surface area contributed by atoms with Gasteiger partial charge in [-0.05, 0) is 62.7 Å². The van der Waals surface area contributed by atoms with Gasteiger partial charge in [0.25, 0.3) is 5.78 Å². The number of ketones is 1. The average Bonchev–Trinajstić information content (AvgIpc) is 2.46. The number of carbonyl (C=O) groups excluding carboxylic acids is 1. The Bertz CT molecular complexity index is 679. The summed E-state index contributed by atoms with van der Waals surface area (Å²) in [6.45, 7) is 10.8. The van der Waals surface area contributed by atoms with Crippen LogP contribution in [-0.2, 0) is 4.79 Å². The van der Waals surface area contributed by atoms with Crippen LogP contribution < -0.4 is 0 Å². The zero-order valence-electron chi connectivity index (χ0n) is 15.5. The summed E-state index contributed by atoms with van der Waals surface area (Å²) in [7, 11) is 0. The third-order valence-corrected chi connectivity index (χ3v) is 4.33. The van der Waals surface area contributed by atoms with Gasteiger partial charge in [0, 0.05) is 0 Å². The molecule has 0 radical (unpaired) electrons. The zero-order valence-corrected chi connectivity index (χ0v) is 15.5. The minimum atomic E-state index is -0.331. The third-order valence-electron chi connectivity index (χ3n) is 4.33. The molecule has 0 aliphatic heterocycles. The van der Waals surface area contributed by atoms with E-state index >= 15 is 0 Å². The van der Waals surface area contributed by atoms with Crippen LogP contribution >= 0.6 is 0 Å². The van der Waals surface area contributed by atoms with Gasteiger partial charge in [-0.3, -0.25) is 4.79 Å². The molecule has 0 saturated carbocycles. The summed E-state index contributed by atoms with van der Waals surface area (Å²) < 4.78 is 0. The van der Waals surface area contributed by atoms with Crippen LogP contribution in [0.4, 0.5) is 0 Å². The molecule has 0 N–H and O–H groups in total. The van der Waals surface area contributed by atoms with Gasteiger partial charge >= 0.3 is 6.21 Å². The molecule has 24 heavy (non-hydrogen) atoms. The molecule has 0 aromatic carbocycles. The van der Waals surface area contributed by atoms with Crippen LogP contribution in [0.5, 0.6) is 0 Å². The monoisotopic (exact) mass is 324 g/mol. The van der Waals surface area contributed by atoms with Gasteiger partial charge in [0.1, 0.15) is 0 Å². The van der Waals surface area contributed by atoms with Crippen LogP contribution in [0.3, 0.4) is 0 Å². The maximum absolute atomic E-state index is 11.3. The standard InChI is InChI=1S/C21H28N2O/c1-16(8-6-9-17(2)14-19(24)15-23-22)11-12-20-18(3)10-7-13-21(20,4)5/h6,8-9,11-12,14-15H,7,10,13H2,1-5H3/b9-6+,12-11+,16-8+,17-14+. The minimum Gasteiger partial charge on any atom is -0.361 e. The SMILES string of the molecule is CC1=C(/C=C/C(C)=C/C=C/C(C)=C/C(=O)C=[N+]=[N-])C(C)(C)CCC1. The molecular weight excluding hydrogens is 296 g/mol. The van der Waals surface area contributed by atoms with Gasteiger partial charge in [0.2, 0.25) is 0 Å². The summed E-state index contributed by atoms with van der Waals surface area (Å²) in [5.41, 5.74) is 13.5. The summed E-state index contributed by atoms with van der Waals surface area (Å²) in [6, 6.07) is 0. The second-order valence-corrected chi connectivity index (χ2v) is 7.07. The number of nitrogens with zero attached hydrogens (tertiary/aromatic N) is 2. The Morgan fingerprint density at radius 1 is 1.21 bits per heavy atom. The second kappa shape index (κ2) is 9.14. The second-order valence-electron chi connectivity index (χ2n) is 7.07. The molecular formula is C21H28N2O. The van der Waals surface area contributed by atoms with Crippen molar-refractivity contribution in [1.29, 1.82) is 0 Å². The summed E-state index contributed by atoms with van der Waals surface area (Å²) in [6.07, 6.45) is 16.2. The summed E-state index contributed by atoms with van der Waals surface area (Å²) in [4.78, 5) is 14.0. The number of allylic oxidation sites excluding steroid dienone is 10. The van der Waals surface area contributed by atoms with Crippen molar-refractivity contribution in [2.75, 3.05) is 0 Å². The Morgan fingerprint density at radius 2 is 1.92 bits per heavy atom. The lowest BCUT2D eigenvalue weighted by Crippen LogP contribution is -2.19. The molecule has 3 heteroatoms. The van der Waals surface area contributed by atoms with Crippen LogP contribution in [0.2, 0.25) is 0 Å². The van der Waals surface area contributed by atoms with Crippen molar-refractivity contribution in [3.05, 3.63) is 64.3 Å². The first-order chi connectivity index (χ1) is 11.3. The average molecular weight is 324 g/mol. The van der Waals surface area contributed by atoms with Gasteiger partial charge in [-0.25, -0.2) is 0 Å². The molecule has 1 aliphatic carbocycles. The molecule has 0 saturated heterocycles. The normalized spacial score (nSPS) is 19.0. The molecule has 0 unspecified atom stereocenters. The number of hydrogen-bond donors (Lipinski definition) is 0. The Labute approximate surface area is 145 Å². The fourth-order valence-corrected chi connectivity index (χ4v) is 3.00. The maximum Gasteiger partial charge on any atom is 0.327 e. The molecule has 0 spiro atoms. The molecule has 0 heterocycles. The first kappa shape index (κ1) is 19.8. The number of carbonyl (C=O) groups is 1. The van der Waals surface area contributed by atoms with E-state index in [0.29, 0.717) is 0 Å². The molecule has 128 valence electrons. The van der Waals surface area contributed by atoms with Crippen molar-refractivity contribution < 1.29 is 9.58 Å². The fraction of sp³-hybridized carbons (Fsp3) is 0.429. The van der Waals surface area contributed by atoms with Crippen molar-refractivity contribution in [2.24, 2.45) is 5.41 Å². The van der Waals surface area contributed by atoms with Crippen LogP contribution in [0.25, 0.3) is 5.53 Å². The zero-order chi connectivity index (χ0) is 18.2. The van der Waals surface area contributed by atoms with E-state index < -0.39 is 0 Å². The van der Waals surface area contributed by atoms with Crippen LogP contribution in [-0.4, -0.2) is 16.8 Å². The van der Waals surface area contributed by atoms with Gasteiger partial charge < -0.3 is 5.53 Å². The highest BCUT2D eigenvalue weighted by atomic mass is 16.1. The maximum atomic E-state index is 11.3. The smallest absolute Gasteiger partial charge is 0.327 e. The molecule has 0 bridgehead atoms. The molecule has 1 rings (SSSR count). The molecule has 1 aliphatic rings. The molecule has 0 aromatic heterocycles. The first-order valence-electron chi connectivity index (χ1n) is 8.39. The molecule has 0 atom stereocenters. The van der Waals surface area contributed by atoms with Crippen molar-refractivity contribution in [1.82, 2.24) is 0 Å². The van der Waals surface area contributed by atoms with Crippen LogP contribution in [0.1, 0.15) is 53.9 Å². The highest BCUT2D eigenvalue weighted by Crippen LogP contribution is 2.40. The van der Waals surface area contributed by atoms with Gasteiger partial charge in [0.05, 0.1) is 0 Å². The lowest BCUT2D eigenvalue weighted by molar-refractivity contribution is -0.111. The summed E-state index contributed by atoms with van der Waals surface area (Å²) in [5.74, 6) is -0.331. The van der Waals surface area contributed by atoms with Crippen molar-refractivity contribution >= 4 is 12.0 Å². The summed E-state index contributed by atoms with van der Waals surface area (Å²) >= 11 is 0. The third kappa shape index (κ3) is 6.47. The summed E-state index contributed by atoms with van der Waals surface area (Å²) in [5, 5.41) is 0. The van der Waals surface area contributed by atoms with E-state index in [9.17, 15) is 4.79 Å². The molecule has 0 amide bonds. The van der Waals surface area contributed by atoms with E-state index in [-0.39, 0.29) is 11.2 Å². The number of hydrogen-bond acceptors (Lipinski definition) is 1. The van der Waals surface area contributed by atoms with Crippen molar-refractivity contribution in [3.63, 3.8) is 0 Å². The van der Waals surface area contributed by atoms with Gasteiger partial charge in [0.15, 0.2) is 0 Å². The van der Waals surface area contributed by atoms with E-state index in [1.807, 2.05) is 25.2 Å². The van der Waals surface area contributed by atoms with E-state index in [1.54, 1.807) is 0 Å². The van der Waals surface area contributed by atoms with E-state index in [1.165, 1.54) is 36.5 Å². The van der Waals surface area contributed by atoms with Crippen molar-refractivity contribution in [3.8, 4) is 0 Å². The van der Waals surface area contributed by atoms with E-state index in [2.05, 4.69) is 44.6 Å². The highest BCUT2D eigenvalue weighted by molar-refractivity contribution is 6.30. The minimum absolute atomic E-state index is 0.253.